The topological polar surface area (TPSA) is 79.4 Å². The van der Waals surface area contributed by atoms with Crippen LogP contribution in [0.15, 0.2) is 65.7 Å². The molecule has 0 aliphatic heterocycles. The van der Waals surface area contributed by atoms with E-state index in [2.05, 4.69) is 10.3 Å². The number of hydrogen-bond acceptors (Lipinski definition) is 4. The molecule has 0 radical (unpaired) electrons. The van der Waals surface area contributed by atoms with Crippen molar-refractivity contribution in [3.05, 3.63) is 83.7 Å². The van der Waals surface area contributed by atoms with Gasteiger partial charge in [-0.25, -0.2) is 17.2 Å². The molecule has 0 unspecified atom stereocenters. The Hall–Kier alpha value is -3.38. The summed E-state index contributed by atoms with van der Waals surface area (Å²) in [6.45, 7) is 2.26. The molecule has 0 saturated heterocycles. The zero-order valence-electron chi connectivity index (χ0n) is 19.2. The number of nitrogens with one attached hydrogen (secondary N) is 1. The lowest BCUT2D eigenvalue weighted by atomic mass is 10.0. The van der Waals surface area contributed by atoms with E-state index in [0.717, 1.165) is 53.0 Å². The molecule has 0 saturated carbocycles. The molecule has 1 heterocycles. The lowest BCUT2D eigenvalue weighted by Crippen LogP contribution is -2.44. The van der Waals surface area contributed by atoms with Gasteiger partial charge < -0.3 is 5.32 Å². The Balaban J connectivity index is 1.78. The molecule has 36 heavy (non-hydrogen) atoms. The maximum absolute atomic E-state index is 14.2. The third kappa shape index (κ3) is 6.43. The number of pyridine rings is 1. The first-order chi connectivity index (χ1) is 16.8. The summed E-state index contributed by atoms with van der Waals surface area (Å²) in [5.41, 5.74) is -1.42. The largest absolute Gasteiger partial charge is 0.433 e. The van der Waals surface area contributed by atoms with Crippen LogP contribution >= 0.6 is 0 Å². The van der Waals surface area contributed by atoms with E-state index in [1.54, 1.807) is 13.8 Å². The molecule has 0 fully saturated rings. The highest BCUT2D eigenvalue weighted by molar-refractivity contribution is 7.89. The number of amides is 1. The van der Waals surface area contributed by atoms with Crippen molar-refractivity contribution in [3.8, 4) is 11.1 Å². The number of aromatic nitrogens is 1. The molecule has 12 heteroatoms. The minimum Gasteiger partial charge on any atom is -0.351 e. The summed E-state index contributed by atoms with van der Waals surface area (Å²) in [7, 11) is -4.13. The van der Waals surface area contributed by atoms with Crippen molar-refractivity contribution in [2.24, 2.45) is 0 Å². The van der Waals surface area contributed by atoms with Crippen LogP contribution in [-0.4, -0.2) is 36.2 Å². The summed E-state index contributed by atoms with van der Waals surface area (Å²) >= 11 is 0. The van der Waals surface area contributed by atoms with Gasteiger partial charge in [0.05, 0.1) is 11.4 Å². The number of hydrogen-bond donors (Lipinski definition) is 1. The molecule has 0 atom stereocenters. The zero-order chi connectivity index (χ0) is 26.7. The first kappa shape index (κ1) is 27.2. The van der Waals surface area contributed by atoms with Crippen LogP contribution < -0.4 is 5.32 Å². The quantitative estimate of drug-likeness (QED) is 0.429. The van der Waals surface area contributed by atoms with Gasteiger partial charge in [0.25, 0.3) is 0 Å². The van der Waals surface area contributed by atoms with E-state index in [1.165, 1.54) is 12.1 Å². The summed E-state index contributed by atoms with van der Waals surface area (Å²) < 4.78 is 94.2. The lowest BCUT2D eigenvalue weighted by molar-refractivity contribution is -0.140. The molecule has 192 valence electrons. The highest BCUT2D eigenvalue weighted by atomic mass is 32.2. The summed E-state index contributed by atoms with van der Waals surface area (Å²) in [5, 5.41) is 2.46. The van der Waals surface area contributed by atoms with Crippen LogP contribution in [0.5, 0.6) is 0 Å². The predicted octanol–water partition coefficient (Wildman–Crippen LogP) is 4.76. The lowest BCUT2D eigenvalue weighted by Gasteiger charge is -2.25. The highest BCUT2D eigenvalue weighted by Crippen LogP contribution is 2.35. The fourth-order valence-electron chi connectivity index (χ4n) is 3.46. The van der Waals surface area contributed by atoms with Crippen LogP contribution in [0.3, 0.4) is 0 Å². The van der Waals surface area contributed by atoms with E-state index in [0.29, 0.717) is 0 Å². The van der Waals surface area contributed by atoms with Gasteiger partial charge in [0.15, 0.2) is 5.69 Å². The fraction of sp³-hybridized carbons (Fsp3) is 0.250. The van der Waals surface area contributed by atoms with Gasteiger partial charge in [0.1, 0.15) is 11.6 Å². The standard InChI is InChI=1S/C24H22F5N3O3S/c1-15(2)32(36(34,35)20-7-5-18(25)6-8-20)14-22(33)31-13-16-10-17(12-19(26)11-16)21-4-3-9-30-23(21)24(27,28)29/h3-12,15H,13-14H2,1-2H3,(H,31,33). The second kappa shape index (κ2) is 10.7. The number of sulfonamides is 1. The average Bonchev–Trinajstić information content (AvgIpc) is 2.80. The maximum atomic E-state index is 14.2. The molecule has 0 aliphatic carbocycles. The fourth-order valence-corrected chi connectivity index (χ4v) is 5.05. The van der Waals surface area contributed by atoms with Crippen molar-refractivity contribution in [3.63, 3.8) is 0 Å². The summed E-state index contributed by atoms with van der Waals surface area (Å²) in [6, 6.07) is 9.21. The molecule has 0 aliphatic rings. The van der Waals surface area contributed by atoms with Gasteiger partial charge in [-0.3, -0.25) is 9.78 Å². The number of halogens is 5. The van der Waals surface area contributed by atoms with Crippen molar-refractivity contribution >= 4 is 15.9 Å². The normalized spacial score (nSPS) is 12.2. The van der Waals surface area contributed by atoms with Crippen LogP contribution in [0.1, 0.15) is 25.1 Å². The molecule has 3 aromatic rings. The minimum absolute atomic E-state index is 0.0811. The number of carbonyl (C=O) groups excluding carboxylic acids is 1. The molecule has 3 rings (SSSR count). The van der Waals surface area contributed by atoms with E-state index >= 15 is 0 Å². The van der Waals surface area contributed by atoms with Crippen molar-refractivity contribution in [2.45, 2.75) is 37.5 Å². The number of benzene rings is 2. The van der Waals surface area contributed by atoms with E-state index in [-0.39, 0.29) is 28.1 Å². The maximum Gasteiger partial charge on any atom is 0.433 e. The van der Waals surface area contributed by atoms with Crippen LogP contribution in [0, 0.1) is 11.6 Å². The molecule has 2 aromatic carbocycles. The third-order valence-electron chi connectivity index (χ3n) is 5.13. The first-order valence-corrected chi connectivity index (χ1v) is 12.1. The van der Waals surface area contributed by atoms with Gasteiger partial charge in [0.2, 0.25) is 15.9 Å². The predicted molar refractivity (Wildman–Crippen MR) is 122 cm³/mol. The van der Waals surface area contributed by atoms with Gasteiger partial charge >= 0.3 is 6.18 Å². The van der Waals surface area contributed by atoms with E-state index in [1.807, 2.05) is 0 Å². The first-order valence-electron chi connectivity index (χ1n) is 10.6. The molecule has 1 N–H and O–H groups in total. The van der Waals surface area contributed by atoms with Crippen LogP contribution in [0.2, 0.25) is 0 Å². The summed E-state index contributed by atoms with van der Waals surface area (Å²) in [6.07, 6.45) is -3.78. The molecular formula is C24H22F5N3O3S. The van der Waals surface area contributed by atoms with Gasteiger partial charge in [0, 0.05) is 24.3 Å². The number of rotatable bonds is 8. The number of nitrogens with zero attached hydrogens (tertiary/aromatic N) is 2. The van der Waals surface area contributed by atoms with Gasteiger partial charge in [-0.15, -0.1) is 0 Å². The van der Waals surface area contributed by atoms with E-state index in [9.17, 15) is 35.2 Å². The van der Waals surface area contributed by atoms with Crippen molar-refractivity contribution in [2.75, 3.05) is 6.54 Å². The Labute approximate surface area is 204 Å². The summed E-state index contributed by atoms with van der Waals surface area (Å²) in [5.74, 6) is -2.17. The monoisotopic (exact) mass is 527 g/mol. The molecule has 0 bridgehead atoms. The molecule has 0 spiro atoms. The molecule has 1 amide bonds. The van der Waals surface area contributed by atoms with Crippen LogP contribution in [0.25, 0.3) is 11.1 Å². The van der Waals surface area contributed by atoms with Gasteiger partial charge in [-0.2, -0.15) is 17.5 Å². The summed E-state index contributed by atoms with van der Waals surface area (Å²) in [4.78, 5) is 15.7. The third-order valence-corrected chi connectivity index (χ3v) is 7.17. The second-order valence-corrected chi connectivity index (χ2v) is 10.0. The molecule has 6 nitrogen and oxygen atoms in total. The number of carbonyl (C=O) groups is 1. The van der Waals surface area contributed by atoms with Crippen molar-refractivity contribution in [1.82, 2.24) is 14.6 Å². The Kier molecular flexibility index (Phi) is 8.09. The number of alkyl halides is 3. The van der Waals surface area contributed by atoms with E-state index in [4.69, 9.17) is 0 Å². The SMILES string of the molecule is CC(C)N(CC(=O)NCc1cc(F)cc(-c2cccnc2C(F)(F)F)c1)S(=O)(=O)c1ccc(F)cc1. The Morgan fingerprint density at radius 3 is 2.31 bits per heavy atom. The Morgan fingerprint density at radius 1 is 1.03 bits per heavy atom. The average molecular weight is 528 g/mol. The van der Waals surface area contributed by atoms with Crippen LogP contribution in [-0.2, 0) is 27.5 Å². The van der Waals surface area contributed by atoms with Crippen molar-refractivity contribution in [1.29, 1.82) is 0 Å². The smallest absolute Gasteiger partial charge is 0.351 e. The molecular weight excluding hydrogens is 505 g/mol. The van der Waals surface area contributed by atoms with E-state index < -0.39 is 52.0 Å². The minimum atomic E-state index is -4.76. The highest BCUT2D eigenvalue weighted by Gasteiger charge is 2.35. The zero-order valence-corrected chi connectivity index (χ0v) is 20.0. The Morgan fingerprint density at radius 2 is 1.69 bits per heavy atom. The Bertz CT molecular complexity index is 1340. The van der Waals surface area contributed by atoms with Gasteiger partial charge in [-0.05, 0) is 73.5 Å². The molecule has 1 aromatic heterocycles. The van der Waals surface area contributed by atoms with Gasteiger partial charge in [-0.1, -0.05) is 6.07 Å². The second-order valence-electron chi connectivity index (χ2n) is 8.12. The van der Waals surface area contributed by atoms with Crippen molar-refractivity contribution < 1.29 is 35.2 Å². The van der Waals surface area contributed by atoms with Crippen LogP contribution in [0.4, 0.5) is 22.0 Å².